The van der Waals surface area contributed by atoms with E-state index < -0.39 is 10.9 Å². The molecule has 3 rings (SSSR count). The number of halogens is 2. The molecule has 144 valence electrons. The molecule has 0 unspecified atom stereocenters. The molecular formula is C19H14I2N2O5. The number of nitro groups is 1. The topological polar surface area (TPSA) is 91.0 Å². The Kier molecular flexibility index (Phi) is 6.33. The number of rotatable bonds is 5. The Balaban J connectivity index is 1.96. The van der Waals surface area contributed by atoms with Gasteiger partial charge in [0.05, 0.1) is 18.7 Å². The molecule has 1 aliphatic rings. The van der Waals surface area contributed by atoms with Crippen molar-refractivity contribution in [2.24, 2.45) is 4.99 Å². The summed E-state index contributed by atoms with van der Waals surface area (Å²) in [6, 6.07) is 8.37. The molecule has 0 fully saturated rings. The van der Waals surface area contributed by atoms with Gasteiger partial charge in [0.25, 0.3) is 5.69 Å². The van der Waals surface area contributed by atoms with Gasteiger partial charge in [0.1, 0.15) is 5.75 Å². The molecule has 0 atom stereocenters. The van der Waals surface area contributed by atoms with E-state index in [2.05, 4.69) is 50.2 Å². The lowest BCUT2D eigenvalue weighted by Crippen LogP contribution is -2.06. The molecule has 0 radical (unpaired) electrons. The van der Waals surface area contributed by atoms with Crippen LogP contribution in [0.1, 0.15) is 23.6 Å². The Morgan fingerprint density at radius 2 is 1.93 bits per heavy atom. The van der Waals surface area contributed by atoms with Crippen molar-refractivity contribution in [2.75, 3.05) is 6.61 Å². The van der Waals surface area contributed by atoms with E-state index in [1.165, 1.54) is 6.07 Å². The lowest BCUT2D eigenvalue weighted by Gasteiger charge is -2.09. The molecule has 2 aromatic carbocycles. The van der Waals surface area contributed by atoms with Gasteiger partial charge in [0.15, 0.2) is 5.70 Å². The Morgan fingerprint density at radius 3 is 2.54 bits per heavy atom. The van der Waals surface area contributed by atoms with Gasteiger partial charge in [-0.3, -0.25) is 10.1 Å². The summed E-state index contributed by atoms with van der Waals surface area (Å²) >= 11 is 4.36. The highest BCUT2D eigenvalue weighted by Crippen LogP contribution is 2.31. The van der Waals surface area contributed by atoms with Crippen LogP contribution in [0.25, 0.3) is 6.08 Å². The molecule has 7 nitrogen and oxygen atoms in total. The van der Waals surface area contributed by atoms with Gasteiger partial charge < -0.3 is 9.47 Å². The number of esters is 1. The van der Waals surface area contributed by atoms with Gasteiger partial charge >= 0.3 is 5.97 Å². The first-order valence-electron chi connectivity index (χ1n) is 8.20. The number of hydrogen-bond acceptors (Lipinski definition) is 6. The average Bonchev–Trinajstić information content (AvgIpc) is 2.99. The van der Waals surface area contributed by atoms with E-state index in [4.69, 9.17) is 9.47 Å². The average molecular weight is 604 g/mol. The van der Waals surface area contributed by atoms with Crippen molar-refractivity contribution < 1.29 is 19.2 Å². The number of aryl methyl sites for hydroxylation is 1. The van der Waals surface area contributed by atoms with Crippen molar-refractivity contribution in [3.63, 3.8) is 0 Å². The standard InChI is InChI=1S/C19H14I2N2O5/c1-3-27-17-13(20)6-11(7-14(17)21)8-15-19(24)28-18(22-15)12-5-4-10(2)16(9-12)23(25)26/h4-9H,3H2,1-2H3/b15-8-. The zero-order valence-corrected chi connectivity index (χ0v) is 19.2. The molecule has 0 N–H and O–H groups in total. The molecule has 0 saturated heterocycles. The lowest BCUT2D eigenvalue weighted by molar-refractivity contribution is -0.385. The smallest absolute Gasteiger partial charge is 0.363 e. The van der Waals surface area contributed by atoms with Crippen molar-refractivity contribution >= 4 is 68.8 Å². The largest absolute Gasteiger partial charge is 0.492 e. The Bertz CT molecular complexity index is 1020. The van der Waals surface area contributed by atoms with Gasteiger partial charge in [-0.15, -0.1) is 0 Å². The fourth-order valence-corrected chi connectivity index (χ4v) is 4.70. The summed E-state index contributed by atoms with van der Waals surface area (Å²) in [5.41, 5.74) is 1.76. The third-order valence-corrected chi connectivity index (χ3v) is 5.49. The van der Waals surface area contributed by atoms with Crippen LogP contribution in [-0.4, -0.2) is 23.4 Å². The molecule has 0 amide bonds. The second-order valence-electron chi connectivity index (χ2n) is 5.84. The number of carbonyl (C=O) groups is 1. The highest BCUT2D eigenvalue weighted by Gasteiger charge is 2.26. The summed E-state index contributed by atoms with van der Waals surface area (Å²) in [5.74, 6) is 0.253. The molecule has 0 saturated carbocycles. The second-order valence-corrected chi connectivity index (χ2v) is 8.17. The maximum Gasteiger partial charge on any atom is 0.363 e. The van der Waals surface area contributed by atoms with Gasteiger partial charge in [0.2, 0.25) is 5.90 Å². The maximum atomic E-state index is 12.2. The number of aliphatic imine (C=N–C) groups is 1. The minimum absolute atomic E-state index is 0.0506. The molecule has 0 aliphatic carbocycles. The lowest BCUT2D eigenvalue weighted by atomic mass is 10.1. The van der Waals surface area contributed by atoms with Crippen molar-refractivity contribution in [3.05, 3.63) is 70.0 Å². The third kappa shape index (κ3) is 4.35. The summed E-state index contributed by atoms with van der Waals surface area (Å²) in [6.07, 6.45) is 1.62. The van der Waals surface area contributed by atoms with E-state index in [-0.39, 0.29) is 17.3 Å². The molecule has 28 heavy (non-hydrogen) atoms. The van der Waals surface area contributed by atoms with Gasteiger partial charge in [0, 0.05) is 17.2 Å². The number of nitrogens with zero attached hydrogens (tertiary/aromatic N) is 2. The molecule has 9 heteroatoms. The van der Waals surface area contributed by atoms with Crippen LogP contribution in [-0.2, 0) is 9.53 Å². The summed E-state index contributed by atoms with van der Waals surface area (Å²) in [5, 5.41) is 11.1. The Hall–Kier alpha value is -2.02. The number of cyclic esters (lactones) is 1. The number of benzene rings is 2. The predicted octanol–water partition coefficient (Wildman–Crippen LogP) is 4.86. The van der Waals surface area contributed by atoms with E-state index in [9.17, 15) is 14.9 Å². The highest BCUT2D eigenvalue weighted by atomic mass is 127. The minimum atomic E-state index is -0.600. The quantitative estimate of drug-likeness (QED) is 0.160. The zero-order chi connectivity index (χ0) is 20.4. The van der Waals surface area contributed by atoms with Crippen molar-refractivity contribution in [1.82, 2.24) is 0 Å². The summed E-state index contributed by atoms with van der Waals surface area (Å²) in [7, 11) is 0. The van der Waals surface area contributed by atoms with Crippen LogP contribution in [0.5, 0.6) is 5.75 Å². The monoisotopic (exact) mass is 604 g/mol. The summed E-state index contributed by atoms with van der Waals surface area (Å²) < 4.78 is 12.7. The summed E-state index contributed by atoms with van der Waals surface area (Å²) in [4.78, 5) is 27.1. The minimum Gasteiger partial charge on any atom is -0.492 e. The second kappa shape index (κ2) is 8.55. The highest BCUT2D eigenvalue weighted by molar-refractivity contribution is 14.1. The van der Waals surface area contributed by atoms with Crippen LogP contribution in [0, 0.1) is 24.2 Å². The van der Waals surface area contributed by atoms with Crippen LogP contribution in [0.15, 0.2) is 41.0 Å². The first-order chi connectivity index (χ1) is 13.3. The van der Waals surface area contributed by atoms with Crippen LogP contribution in [0.4, 0.5) is 5.69 Å². The Morgan fingerprint density at radius 1 is 1.25 bits per heavy atom. The van der Waals surface area contributed by atoms with E-state index in [1.807, 2.05) is 19.1 Å². The third-order valence-electron chi connectivity index (χ3n) is 3.89. The normalized spacial score (nSPS) is 14.8. The van der Waals surface area contributed by atoms with Gasteiger partial charge in [-0.2, -0.15) is 0 Å². The first-order valence-corrected chi connectivity index (χ1v) is 10.4. The number of hydrogen-bond donors (Lipinski definition) is 0. The van der Waals surface area contributed by atoms with Crippen molar-refractivity contribution in [1.29, 1.82) is 0 Å². The SMILES string of the molecule is CCOc1c(I)cc(/C=C2\N=C(c3ccc(C)c([N+](=O)[O-])c3)OC2=O)cc1I. The van der Waals surface area contributed by atoms with E-state index in [0.717, 1.165) is 18.5 Å². The van der Waals surface area contributed by atoms with Crippen LogP contribution in [0.3, 0.4) is 0 Å². The van der Waals surface area contributed by atoms with Crippen molar-refractivity contribution in [2.45, 2.75) is 13.8 Å². The molecule has 1 aliphatic heterocycles. The first kappa shape index (κ1) is 20.7. The van der Waals surface area contributed by atoms with Crippen molar-refractivity contribution in [3.8, 4) is 5.75 Å². The van der Waals surface area contributed by atoms with Gasteiger partial charge in [-0.1, -0.05) is 6.07 Å². The molecule has 0 aromatic heterocycles. The van der Waals surface area contributed by atoms with Crippen LogP contribution in [0.2, 0.25) is 0 Å². The van der Waals surface area contributed by atoms with Gasteiger partial charge in [-0.25, -0.2) is 9.79 Å². The molecule has 0 spiro atoms. The molecular weight excluding hydrogens is 590 g/mol. The number of nitro benzene ring substituents is 1. The number of carbonyl (C=O) groups excluding carboxylic acids is 1. The zero-order valence-electron chi connectivity index (χ0n) is 14.9. The van der Waals surface area contributed by atoms with Crippen LogP contribution < -0.4 is 4.74 Å². The molecule has 2 aromatic rings. The molecule has 1 heterocycles. The van der Waals surface area contributed by atoms with E-state index in [0.29, 0.717) is 17.7 Å². The maximum absolute atomic E-state index is 12.2. The fourth-order valence-electron chi connectivity index (χ4n) is 2.57. The number of ether oxygens (including phenoxy) is 2. The van der Waals surface area contributed by atoms with E-state index >= 15 is 0 Å². The predicted molar refractivity (Wildman–Crippen MR) is 121 cm³/mol. The van der Waals surface area contributed by atoms with Gasteiger partial charge in [-0.05, 0) is 88.9 Å². The Labute approximate surface area is 188 Å². The molecule has 0 bridgehead atoms. The fraction of sp³-hybridized carbons (Fsp3) is 0.158. The van der Waals surface area contributed by atoms with Crippen LogP contribution >= 0.6 is 45.2 Å². The summed E-state index contributed by atoms with van der Waals surface area (Å²) in [6.45, 7) is 4.13. The van der Waals surface area contributed by atoms with E-state index in [1.54, 1.807) is 25.1 Å².